The molecule has 2 aromatic carbocycles. The molecule has 0 aliphatic rings. The standard InChI is InChI=1S/C21H23N3O4S/c1-14-4-6-17(7-5-14)8-13-20(25)22-18-9-11-19(12-10-18)29(26,27)24-21-15(2)16(3)23-28-21/h4-7,9-12,24H,8,13H2,1-3H3,(H,22,25). The number of amides is 1. The largest absolute Gasteiger partial charge is 0.337 e. The Morgan fingerprint density at radius 1 is 1.00 bits per heavy atom. The van der Waals surface area contributed by atoms with Crippen molar-refractivity contribution in [2.24, 2.45) is 0 Å². The highest BCUT2D eigenvalue weighted by molar-refractivity contribution is 7.92. The van der Waals surface area contributed by atoms with Gasteiger partial charge in [-0.3, -0.25) is 4.79 Å². The summed E-state index contributed by atoms with van der Waals surface area (Å²) in [6.07, 6.45) is 0.979. The number of hydrogen-bond donors (Lipinski definition) is 2. The van der Waals surface area contributed by atoms with Crippen LogP contribution in [0, 0.1) is 20.8 Å². The molecular formula is C21H23N3O4S. The molecule has 0 saturated carbocycles. The Morgan fingerprint density at radius 2 is 1.66 bits per heavy atom. The van der Waals surface area contributed by atoms with Crippen LogP contribution in [-0.4, -0.2) is 19.5 Å². The molecule has 0 fully saturated rings. The lowest BCUT2D eigenvalue weighted by molar-refractivity contribution is -0.116. The Hall–Kier alpha value is -3.13. The molecule has 0 saturated heterocycles. The Balaban J connectivity index is 1.59. The van der Waals surface area contributed by atoms with E-state index in [-0.39, 0.29) is 16.7 Å². The van der Waals surface area contributed by atoms with Gasteiger partial charge in [0.05, 0.1) is 10.6 Å². The molecule has 0 radical (unpaired) electrons. The molecule has 1 amide bonds. The predicted molar refractivity (Wildman–Crippen MR) is 111 cm³/mol. The van der Waals surface area contributed by atoms with E-state index in [9.17, 15) is 13.2 Å². The van der Waals surface area contributed by atoms with E-state index in [4.69, 9.17) is 4.52 Å². The second kappa shape index (κ2) is 8.48. The normalized spacial score (nSPS) is 11.3. The molecule has 1 heterocycles. The van der Waals surface area contributed by atoms with E-state index < -0.39 is 10.0 Å². The summed E-state index contributed by atoms with van der Waals surface area (Å²) in [4.78, 5) is 12.2. The molecule has 0 aliphatic carbocycles. The number of rotatable bonds is 7. The fraction of sp³-hybridized carbons (Fsp3) is 0.238. The van der Waals surface area contributed by atoms with Crippen molar-refractivity contribution >= 4 is 27.5 Å². The van der Waals surface area contributed by atoms with Crippen molar-refractivity contribution in [1.82, 2.24) is 5.16 Å². The summed E-state index contributed by atoms with van der Waals surface area (Å²) < 4.78 is 32.4. The van der Waals surface area contributed by atoms with Crippen LogP contribution in [0.25, 0.3) is 0 Å². The van der Waals surface area contributed by atoms with Crippen molar-refractivity contribution in [1.29, 1.82) is 0 Å². The fourth-order valence-electron chi connectivity index (χ4n) is 2.65. The fourth-order valence-corrected chi connectivity index (χ4v) is 3.69. The Kier molecular flexibility index (Phi) is 6.03. The number of carbonyl (C=O) groups excluding carboxylic acids is 1. The first-order chi connectivity index (χ1) is 13.7. The summed E-state index contributed by atoms with van der Waals surface area (Å²) in [5.74, 6) is -0.0388. The lowest BCUT2D eigenvalue weighted by atomic mass is 10.1. The molecule has 8 heteroatoms. The van der Waals surface area contributed by atoms with Crippen LogP contribution in [0.4, 0.5) is 11.6 Å². The van der Waals surface area contributed by atoms with E-state index in [1.165, 1.54) is 17.7 Å². The molecule has 1 aromatic heterocycles. The maximum absolute atomic E-state index is 12.5. The van der Waals surface area contributed by atoms with E-state index in [1.54, 1.807) is 26.0 Å². The average Bonchev–Trinajstić information content (AvgIpc) is 2.99. The third-order valence-corrected chi connectivity index (χ3v) is 5.94. The van der Waals surface area contributed by atoms with Crippen molar-refractivity contribution in [2.75, 3.05) is 10.0 Å². The number of nitrogens with one attached hydrogen (secondary N) is 2. The third kappa shape index (κ3) is 5.23. The predicted octanol–water partition coefficient (Wildman–Crippen LogP) is 3.97. The number of hydrogen-bond acceptors (Lipinski definition) is 5. The average molecular weight is 413 g/mol. The summed E-state index contributed by atoms with van der Waals surface area (Å²) in [6, 6.07) is 14.0. The zero-order chi connectivity index (χ0) is 21.0. The van der Waals surface area contributed by atoms with Gasteiger partial charge in [-0.05, 0) is 57.0 Å². The van der Waals surface area contributed by atoms with E-state index in [0.29, 0.717) is 29.8 Å². The summed E-state index contributed by atoms with van der Waals surface area (Å²) in [6.45, 7) is 5.47. The van der Waals surface area contributed by atoms with Crippen LogP contribution in [0.5, 0.6) is 0 Å². The van der Waals surface area contributed by atoms with Gasteiger partial charge in [-0.25, -0.2) is 13.1 Å². The van der Waals surface area contributed by atoms with Gasteiger partial charge < -0.3 is 9.84 Å². The molecule has 29 heavy (non-hydrogen) atoms. The summed E-state index contributed by atoms with van der Waals surface area (Å²) in [5, 5.41) is 6.52. The number of sulfonamides is 1. The van der Waals surface area contributed by atoms with Gasteiger partial charge in [0, 0.05) is 17.7 Å². The maximum Gasteiger partial charge on any atom is 0.264 e. The molecule has 0 bridgehead atoms. The maximum atomic E-state index is 12.5. The SMILES string of the molecule is Cc1ccc(CCC(=O)Nc2ccc(S(=O)(=O)Nc3onc(C)c3C)cc2)cc1. The molecule has 0 atom stereocenters. The zero-order valence-electron chi connectivity index (χ0n) is 16.5. The van der Waals surface area contributed by atoms with Gasteiger partial charge in [0.15, 0.2) is 0 Å². The van der Waals surface area contributed by atoms with Crippen molar-refractivity contribution in [3.63, 3.8) is 0 Å². The van der Waals surface area contributed by atoms with Gasteiger partial charge >= 0.3 is 0 Å². The lowest BCUT2D eigenvalue weighted by Gasteiger charge is -2.08. The highest BCUT2D eigenvalue weighted by Gasteiger charge is 2.19. The van der Waals surface area contributed by atoms with Gasteiger partial charge in [-0.1, -0.05) is 35.0 Å². The first kappa shape index (κ1) is 20.6. The molecule has 3 rings (SSSR count). The van der Waals surface area contributed by atoms with Crippen molar-refractivity contribution < 1.29 is 17.7 Å². The molecule has 0 aliphatic heterocycles. The molecule has 152 valence electrons. The van der Waals surface area contributed by atoms with Crippen molar-refractivity contribution in [3.8, 4) is 0 Å². The molecular weight excluding hydrogens is 390 g/mol. The summed E-state index contributed by atoms with van der Waals surface area (Å²) in [7, 11) is -3.81. The first-order valence-electron chi connectivity index (χ1n) is 9.16. The second-order valence-electron chi connectivity index (χ2n) is 6.89. The molecule has 0 spiro atoms. The minimum absolute atomic E-state index is 0.0589. The van der Waals surface area contributed by atoms with Crippen LogP contribution in [0.1, 0.15) is 28.8 Å². The quantitative estimate of drug-likeness (QED) is 0.610. The van der Waals surface area contributed by atoms with E-state index >= 15 is 0 Å². The number of anilines is 2. The topological polar surface area (TPSA) is 101 Å². The highest BCUT2D eigenvalue weighted by atomic mass is 32.2. The minimum Gasteiger partial charge on any atom is -0.337 e. The minimum atomic E-state index is -3.81. The van der Waals surface area contributed by atoms with E-state index in [2.05, 4.69) is 15.2 Å². The molecule has 3 aromatic rings. The number of aryl methyl sites for hydroxylation is 3. The molecule has 0 unspecified atom stereocenters. The monoisotopic (exact) mass is 413 g/mol. The van der Waals surface area contributed by atoms with Gasteiger partial charge in [0.25, 0.3) is 10.0 Å². The number of nitrogens with zero attached hydrogens (tertiary/aromatic N) is 1. The Labute approximate surface area is 170 Å². The lowest BCUT2D eigenvalue weighted by Crippen LogP contribution is -2.14. The van der Waals surface area contributed by atoms with Gasteiger partial charge in [-0.15, -0.1) is 0 Å². The number of carbonyl (C=O) groups is 1. The highest BCUT2D eigenvalue weighted by Crippen LogP contribution is 2.22. The van der Waals surface area contributed by atoms with Crippen molar-refractivity contribution in [3.05, 3.63) is 70.9 Å². The summed E-state index contributed by atoms with van der Waals surface area (Å²) in [5.41, 5.74) is 4.05. The van der Waals surface area contributed by atoms with E-state index in [1.807, 2.05) is 31.2 Å². The zero-order valence-corrected chi connectivity index (χ0v) is 17.3. The van der Waals surface area contributed by atoms with E-state index in [0.717, 1.165) is 5.56 Å². The number of benzene rings is 2. The second-order valence-corrected chi connectivity index (χ2v) is 8.57. The van der Waals surface area contributed by atoms with Gasteiger partial charge in [0.1, 0.15) is 0 Å². The van der Waals surface area contributed by atoms with Crippen LogP contribution < -0.4 is 10.0 Å². The Morgan fingerprint density at radius 3 is 2.24 bits per heavy atom. The van der Waals surface area contributed by atoms with Gasteiger partial charge in [-0.2, -0.15) is 0 Å². The number of aromatic nitrogens is 1. The van der Waals surface area contributed by atoms with Crippen LogP contribution in [0.15, 0.2) is 57.9 Å². The van der Waals surface area contributed by atoms with Gasteiger partial charge in [0.2, 0.25) is 11.8 Å². The third-order valence-electron chi connectivity index (χ3n) is 4.59. The first-order valence-corrected chi connectivity index (χ1v) is 10.6. The smallest absolute Gasteiger partial charge is 0.264 e. The van der Waals surface area contributed by atoms with Crippen LogP contribution in [-0.2, 0) is 21.2 Å². The van der Waals surface area contributed by atoms with Crippen molar-refractivity contribution in [2.45, 2.75) is 38.5 Å². The molecule has 2 N–H and O–H groups in total. The van der Waals surface area contributed by atoms with Crippen LogP contribution in [0.2, 0.25) is 0 Å². The van der Waals surface area contributed by atoms with Crippen LogP contribution in [0.3, 0.4) is 0 Å². The Bertz CT molecular complexity index is 1100. The van der Waals surface area contributed by atoms with Crippen LogP contribution >= 0.6 is 0 Å². The summed E-state index contributed by atoms with van der Waals surface area (Å²) >= 11 is 0. The molecule has 7 nitrogen and oxygen atoms in total.